The lowest BCUT2D eigenvalue weighted by Crippen LogP contribution is -2.41. The summed E-state index contributed by atoms with van der Waals surface area (Å²) < 4.78 is 4.94. The van der Waals surface area contributed by atoms with Crippen molar-refractivity contribution in [3.63, 3.8) is 0 Å². The molecule has 8 heteroatoms. The first-order valence-corrected chi connectivity index (χ1v) is 12.4. The van der Waals surface area contributed by atoms with Gasteiger partial charge >= 0.3 is 5.97 Å². The number of halogens is 1. The van der Waals surface area contributed by atoms with Crippen LogP contribution in [0.4, 0.5) is 0 Å². The molecule has 190 valence electrons. The van der Waals surface area contributed by atoms with Gasteiger partial charge in [-0.05, 0) is 42.2 Å². The minimum absolute atomic E-state index is 0.00345. The molecule has 4 rings (SSSR count). The van der Waals surface area contributed by atoms with Crippen LogP contribution in [0.15, 0.2) is 84.9 Å². The number of nitrogens with one attached hydrogen (secondary N) is 2. The lowest BCUT2D eigenvalue weighted by molar-refractivity contribution is -0.153. The molecule has 1 heterocycles. The fourth-order valence-electron chi connectivity index (χ4n) is 4.05. The summed E-state index contributed by atoms with van der Waals surface area (Å²) in [6.45, 7) is 1.83. The number of rotatable bonds is 10. The molecule has 7 nitrogen and oxygen atoms in total. The highest BCUT2D eigenvalue weighted by molar-refractivity contribution is 6.33. The van der Waals surface area contributed by atoms with Gasteiger partial charge in [-0.25, -0.2) is 4.79 Å². The van der Waals surface area contributed by atoms with E-state index in [4.69, 9.17) is 16.3 Å². The molecule has 0 bridgehead atoms. The number of esters is 1. The van der Waals surface area contributed by atoms with Crippen molar-refractivity contribution < 1.29 is 19.4 Å². The summed E-state index contributed by atoms with van der Waals surface area (Å²) in [5.41, 5.74) is 4.60. The van der Waals surface area contributed by atoms with Gasteiger partial charge in [-0.2, -0.15) is 5.10 Å². The molecule has 0 unspecified atom stereocenters. The minimum Gasteiger partial charge on any atom is -0.464 e. The van der Waals surface area contributed by atoms with Gasteiger partial charge in [-0.3, -0.25) is 9.89 Å². The van der Waals surface area contributed by atoms with E-state index in [9.17, 15) is 14.7 Å². The van der Waals surface area contributed by atoms with E-state index >= 15 is 0 Å². The quantitative estimate of drug-likeness (QED) is 0.255. The molecule has 4 aromatic rings. The third-order valence-corrected chi connectivity index (χ3v) is 6.25. The molecule has 0 spiro atoms. The molecule has 37 heavy (non-hydrogen) atoms. The Kier molecular flexibility index (Phi) is 8.72. The maximum atomic E-state index is 13.1. The highest BCUT2D eigenvalue weighted by atomic mass is 35.5. The van der Waals surface area contributed by atoms with Crippen LogP contribution in [0.2, 0.25) is 5.02 Å². The first kappa shape index (κ1) is 26.1. The maximum absolute atomic E-state index is 13.1. The van der Waals surface area contributed by atoms with E-state index < -0.39 is 24.0 Å². The fourth-order valence-corrected chi connectivity index (χ4v) is 4.29. The van der Waals surface area contributed by atoms with Gasteiger partial charge in [0.15, 0.2) is 6.10 Å². The molecule has 1 aromatic heterocycles. The Morgan fingerprint density at radius 2 is 1.68 bits per heavy atom. The molecule has 2 atom stereocenters. The maximum Gasteiger partial charge on any atom is 0.335 e. The number of carbonyl (C=O) groups is 2. The molecule has 3 N–H and O–H groups in total. The van der Waals surface area contributed by atoms with Gasteiger partial charge in [0, 0.05) is 18.0 Å². The molecule has 0 aliphatic heterocycles. The summed E-state index contributed by atoms with van der Waals surface area (Å²) >= 11 is 6.26. The molecular weight excluding hydrogens is 490 g/mol. The number of aromatic amines is 1. The Bertz CT molecular complexity index is 1340. The number of amides is 1. The SMILES string of the molecule is CCOC(=O)[C@H](O)C[C@@H](Cc1ccc(-c2ccccc2)cc1)NC(=O)c1cc(-c2ccccc2Cl)n[nH]1. The topological polar surface area (TPSA) is 104 Å². The number of hydrogen-bond acceptors (Lipinski definition) is 5. The number of nitrogens with zero attached hydrogens (tertiary/aromatic N) is 1. The van der Waals surface area contributed by atoms with Crippen LogP contribution >= 0.6 is 11.6 Å². The molecule has 0 saturated carbocycles. The van der Waals surface area contributed by atoms with Crippen LogP contribution < -0.4 is 5.32 Å². The lowest BCUT2D eigenvalue weighted by atomic mass is 9.97. The van der Waals surface area contributed by atoms with E-state index in [2.05, 4.69) is 15.5 Å². The second-order valence-electron chi connectivity index (χ2n) is 8.59. The van der Waals surface area contributed by atoms with Crippen molar-refractivity contribution in [1.82, 2.24) is 15.5 Å². The summed E-state index contributed by atoms with van der Waals surface area (Å²) in [5, 5.41) is 20.8. The summed E-state index contributed by atoms with van der Waals surface area (Å²) in [5.74, 6) is -1.13. The molecule has 0 radical (unpaired) electrons. The van der Waals surface area contributed by atoms with Crippen LogP contribution in [0.25, 0.3) is 22.4 Å². The van der Waals surface area contributed by atoms with Crippen LogP contribution in [0.1, 0.15) is 29.4 Å². The number of ether oxygens (including phenoxy) is 1. The number of H-pyrrole nitrogens is 1. The van der Waals surface area contributed by atoms with Crippen LogP contribution in [0, 0.1) is 0 Å². The van der Waals surface area contributed by atoms with Gasteiger partial charge < -0.3 is 15.2 Å². The van der Waals surface area contributed by atoms with Crippen molar-refractivity contribution in [3.8, 4) is 22.4 Å². The second-order valence-corrected chi connectivity index (χ2v) is 8.99. The van der Waals surface area contributed by atoms with Crippen molar-refractivity contribution in [2.75, 3.05) is 6.61 Å². The molecule has 0 saturated heterocycles. The zero-order chi connectivity index (χ0) is 26.2. The number of benzene rings is 3. The molecule has 0 aliphatic carbocycles. The van der Waals surface area contributed by atoms with Crippen LogP contribution in [0.5, 0.6) is 0 Å². The molecule has 1 amide bonds. The third kappa shape index (κ3) is 6.84. The highest BCUT2D eigenvalue weighted by Gasteiger charge is 2.24. The van der Waals surface area contributed by atoms with Crippen molar-refractivity contribution in [2.24, 2.45) is 0 Å². The van der Waals surface area contributed by atoms with E-state index in [1.807, 2.05) is 72.8 Å². The average Bonchev–Trinajstić information content (AvgIpc) is 3.40. The predicted molar refractivity (Wildman–Crippen MR) is 143 cm³/mol. The van der Waals surface area contributed by atoms with E-state index in [1.165, 1.54) is 0 Å². The van der Waals surface area contributed by atoms with Crippen molar-refractivity contribution in [3.05, 3.63) is 101 Å². The van der Waals surface area contributed by atoms with Gasteiger partial charge in [0.1, 0.15) is 5.69 Å². The monoisotopic (exact) mass is 517 g/mol. The molecular formula is C29H28ClN3O4. The summed E-state index contributed by atoms with van der Waals surface area (Å²) in [6, 6.07) is 26.3. The van der Waals surface area contributed by atoms with Crippen LogP contribution in [-0.2, 0) is 16.0 Å². The normalized spacial score (nSPS) is 12.5. The summed E-state index contributed by atoms with van der Waals surface area (Å²) in [6.07, 6.45) is -0.964. The van der Waals surface area contributed by atoms with E-state index in [0.29, 0.717) is 22.7 Å². The Morgan fingerprint density at radius 1 is 1.00 bits per heavy atom. The Balaban J connectivity index is 1.50. The largest absolute Gasteiger partial charge is 0.464 e. The number of aromatic nitrogens is 2. The van der Waals surface area contributed by atoms with Gasteiger partial charge in [0.2, 0.25) is 0 Å². The Labute approximate surface area is 220 Å². The van der Waals surface area contributed by atoms with Gasteiger partial charge in [0.25, 0.3) is 5.91 Å². The average molecular weight is 518 g/mol. The number of hydrogen-bond donors (Lipinski definition) is 3. The first-order valence-electron chi connectivity index (χ1n) is 12.0. The second kappa shape index (κ2) is 12.3. The molecule has 0 fully saturated rings. The van der Waals surface area contributed by atoms with E-state index in [-0.39, 0.29) is 18.7 Å². The summed E-state index contributed by atoms with van der Waals surface area (Å²) in [7, 11) is 0. The van der Waals surface area contributed by atoms with Crippen molar-refractivity contribution >= 4 is 23.5 Å². The number of carbonyl (C=O) groups excluding carboxylic acids is 2. The standard InChI is InChI=1S/C29H28ClN3O4/c1-2-37-29(36)27(34)17-22(16-19-12-14-21(15-13-19)20-8-4-3-5-9-20)31-28(35)26-18-25(32-33-26)23-10-6-7-11-24(23)30/h3-15,18,22,27,34H,2,16-17H2,1H3,(H,31,35)(H,32,33)/t22-,27-/m1/s1. The Morgan fingerprint density at radius 3 is 2.38 bits per heavy atom. The fraction of sp³-hybridized carbons (Fsp3) is 0.207. The van der Waals surface area contributed by atoms with Crippen LogP contribution in [-0.4, -0.2) is 45.9 Å². The number of aliphatic hydroxyl groups is 1. The first-order chi connectivity index (χ1) is 17.9. The van der Waals surface area contributed by atoms with Gasteiger partial charge in [0.05, 0.1) is 17.3 Å². The van der Waals surface area contributed by atoms with Gasteiger partial charge in [-0.15, -0.1) is 0 Å². The van der Waals surface area contributed by atoms with Crippen molar-refractivity contribution in [2.45, 2.75) is 31.9 Å². The third-order valence-electron chi connectivity index (χ3n) is 5.92. The van der Waals surface area contributed by atoms with Crippen LogP contribution in [0.3, 0.4) is 0 Å². The zero-order valence-electron chi connectivity index (χ0n) is 20.4. The molecule has 3 aromatic carbocycles. The lowest BCUT2D eigenvalue weighted by Gasteiger charge is -2.21. The highest BCUT2D eigenvalue weighted by Crippen LogP contribution is 2.26. The van der Waals surface area contributed by atoms with E-state index in [0.717, 1.165) is 16.7 Å². The van der Waals surface area contributed by atoms with E-state index in [1.54, 1.807) is 19.1 Å². The molecule has 0 aliphatic rings. The van der Waals surface area contributed by atoms with Gasteiger partial charge in [-0.1, -0.05) is 84.4 Å². The predicted octanol–water partition coefficient (Wildman–Crippen LogP) is 5.05. The zero-order valence-corrected chi connectivity index (χ0v) is 21.1. The smallest absolute Gasteiger partial charge is 0.335 e. The Hall–Kier alpha value is -3.94. The summed E-state index contributed by atoms with van der Waals surface area (Å²) in [4.78, 5) is 25.1. The minimum atomic E-state index is -1.37. The number of aliphatic hydroxyl groups excluding tert-OH is 1. The van der Waals surface area contributed by atoms with Crippen molar-refractivity contribution in [1.29, 1.82) is 0 Å².